The van der Waals surface area contributed by atoms with Gasteiger partial charge in [-0.15, -0.1) is 0 Å². The van der Waals surface area contributed by atoms with Crippen LogP contribution in [-0.4, -0.2) is 32.9 Å². The number of ether oxygens (including phenoxy) is 2. The molecule has 0 bridgehead atoms. The molecule has 1 aromatic carbocycles. The summed E-state index contributed by atoms with van der Waals surface area (Å²) in [6, 6.07) is 5.31. The second-order valence-corrected chi connectivity index (χ2v) is 5.29. The fourth-order valence-electron chi connectivity index (χ4n) is 1.60. The highest BCUT2D eigenvalue weighted by Crippen LogP contribution is 2.43. The van der Waals surface area contributed by atoms with Crippen LogP contribution in [0.4, 0.5) is 0 Å². The molecule has 0 aliphatic heterocycles. The molecule has 0 fully saturated rings. The number of carbonyl (C=O) groups excluding carboxylic acids is 1. The van der Waals surface area contributed by atoms with Crippen LogP contribution in [0.15, 0.2) is 24.3 Å². The van der Waals surface area contributed by atoms with Gasteiger partial charge in [-0.3, -0.25) is 0 Å². The largest absolute Gasteiger partial charge is 0.493 e. The van der Waals surface area contributed by atoms with E-state index in [1.54, 1.807) is 38.3 Å². The van der Waals surface area contributed by atoms with Crippen molar-refractivity contribution in [3.8, 4) is 11.5 Å². The van der Waals surface area contributed by atoms with E-state index < -0.39 is 8.60 Å². The smallest absolute Gasteiger partial charge is 0.397 e. The molecule has 0 radical (unpaired) electrons. The molecule has 0 saturated heterocycles. The molecule has 0 spiro atoms. The summed E-state index contributed by atoms with van der Waals surface area (Å²) in [6.45, 7) is 6.84. The predicted octanol–water partition coefficient (Wildman–Crippen LogP) is 3.95. The Morgan fingerprint density at radius 1 is 1.09 bits per heavy atom. The topological polar surface area (TPSA) is 63.2 Å². The first-order valence-corrected chi connectivity index (χ1v) is 8.50. The van der Waals surface area contributed by atoms with Crippen molar-refractivity contribution in [3.05, 3.63) is 29.8 Å². The second kappa shape index (κ2) is 11.0. The molecule has 23 heavy (non-hydrogen) atoms. The van der Waals surface area contributed by atoms with Gasteiger partial charge in [-0.25, -0.2) is 4.79 Å². The van der Waals surface area contributed by atoms with E-state index in [-0.39, 0.29) is 5.97 Å². The van der Waals surface area contributed by atoms with Gasteiger partial charge in [-0.2, -0.15) is 0 Å². The SMILES string of the molecule is CCOC(=O)/C=C/c1ccc(OP(OCC)OCC)c(OC)c1. The van der Waals surface area contributed by atoms with Gasteiger partial charge in [0.25, 0.3) is 0 Å². The van der Waals surface area contributed by atoms with Crippen LogP contribution in [0.25, 0.3) is 6.08 Å². The van der Waals surface area contributed by atoms with Gasteiger partial charge >= 0.3 is 14.6 Å². The molecule has 0 atom stereocenters. The summed E-state index contributed by atoms with van der Waals surface area (Å²) in [4.78, 5) is 11.3. The molecular formula is C16H23O6P. The minimum atomic E-state index is -1.46. The van der Waals surface area contributed by atoms with E-state index in [2.05, 4.69) is 0 Å². The molecular weight excluding hydrogens is 319 g/mol. The Kier molecular flexibility index (Phi) is 9.29. The fraction of sp³-hybridized carbons (Fsp3) is 0.438. The van der Waals surface area contributed by atoms with Crippen LogP contribution in [0.5, 0.6) is 11.5 Å². The summed E-state index contributed by atoms with van der Waals surface area (Å²) in [6.07, 6.45) is 3.02. The van der Waals surface area contributed by atoms with E-state index in [4.69, 9.17) is 23.0 Å². The minimum absolute atomic E-state index is 0.345. The van der Waals surface area contributed by atoms with Crippen LogP contribution in [0.1, 0.15) is 26.3 Å². The van der Waals surface area contributed by atoms with Gasteiger partial charge in [-0.1, -0.05) is 6.07 Å². The zero-order valence-electron chi connectivity index (χ0n) is 13.9. The minimum Gasteiger partial charge on any atom is -0.493 e. The highest BCUT2D eigenvalue weighted by Gasteiger charge is 2.16. The van der Waals surface area contributed by atoms with Crippen molar-refractivity contribution in [2.75, 3.05) is 26.9 Å². The maximum absolute atomic E-state index is 11.3. The molecule has 0 aromatic heterocycles. The van der Waals surface area contributed by atoms with Crippen molar-refractivity contribution >= 4 is 20.6 Å². The summed E-state index contributed by atoms with van der Waals surface area (Å²) in [7, 11) is 0.0823. The van der Waals surface area contributed by atoms with Crippen molar-refractivity contribution in [3.63, 3.8) is 0 Å². The van der Waals surface area contributed by atoms with Crippen LogP contribution in [0.3, 0.4) is 0 Å². The average Bonchev–Trinajstić information content (AvgIpc) is 2.54. The molecule has 0 aliphatic carbocycles. The van der Waals surface area contributed by atoms with E-state index in [1.165, 1.54) is 6.08 Å². The quantitative estimate of drug-likeness (QED) is 0.364. The lowest BCUT2D eigenvalue weighted by molar-refractivity contribution is -0.137. The van der Waals surface area contributed by atoms with Gasteiger partial charge in [0.15, 0.2) is 11.5 Å². The van der Waals surface area contributed by atoms with E-state index in [0.29, 0.717) is 31.3 Å². The highest BCUT2D eigenvalue weighted by atomic mass is 31.2. The number of rotatable bonds is 10. The first kappa shape index (κ1) is 19.4. The van der Waals surface area contributed by atoms with Gasteiger partial charge in [0, 0.05) is 6.08 Å². The van der Waals surface area contributed by atoms with E-state index in [0.717, 1.165) is 5.56 Å². The van der Waals surface area contributed by atoms with Crippen molar-refractivity contribution in [2.45, 2.75) is 20.8 Å². The van der Waals surface area contributed by atoms with Gasteiger partial charge in [0.2, 0.25) is 0 Å². The fourth-order valence-corrected chi connectivity index (χ4v) is 2.51. The van der Waals surface area contributed by atoms with Crippen molar-refractivity contribution < 1.29 is 27.8 Å². The summed E-state index contributed by atoms with van der Waals surface area (Å²) >= 11 is 0. The molecule has 0 heterocycles. The Morgan fingerprint density at radius 3 is 2.35 bits per heavy atom. The second-order valence-electron chi connectivity index (χ2n) is 4.15. The first-order valence-electron chi connectivity index (χ1n) is 7.41. The number of methoxy groups -OCH3 is 1. The van der Waals surface area contributed by atoms with Crippen LogP contribution < -0.4 is 9.26 Å². The van der Waals surface area contributed by atoms with Gasteiger partial charge in [0.05, 0.1) is 26.9 Å². The number of hydrogen-bond acceptors (Lipinski definition) is 6. The third-order valence-electron chi connectivity index (χ3n) is 2.53. The lowest BCUT2D eigenvalue weighted by atomic mass is 10.2. The Labute approximate surface area is 138 Å². The lowest BCUT2D eigenvalue weighted by Crippen LogP contribution is -1.99. The van der Waals surface area contributed by atoms with E-state index >= 15 is 0 Å². The summed E-state index contributed by atoms with van der Waals surface area (Å²) in [5.41, 5.74) is 0.791. The van der Waals surface area contributed by atoms with Gasteiger partial charge in [0.1, 0.15) is 0 Å². The molecule has 7 heteroatoms. The standard InChI is InChI=1S/C16H23O6P/c1-5-19-16(17)11-9-13-8-10-14(15(12-13)18-4)22-23(20-6-2)21-7-3/h8-12H,5-7H2,1-4H3/b11-9+. The maximum atomic E-state index is 11.3. The number of benzene rings is 1. The van der Waals surface area contributed by atoms with Crippen molar-refractivity contribution in [1.82, 2.24) is 0 Å². The first-order chi connectivity index (χ1) is 11.1. The molecule has 0 aliphatic rings. The maximum Gasteiger partial charge on any atom is 0.397 e. The molecule has 0 amide bonds. The summed E-state index contributed by atoms with van der Waals surface area (Å²) in [5.74, 6) is 0.666. The zero-order chi connectivity index (χ0) is 17.1. The molecule has 0 saturated carbocycles. The molecule has 128 valence electrons. The Bertz CT molecular complexity index is 511. The lowest BCUT2D eigenvalue weighted by Gasteiger charge is -2.17. The van der Waals surface area contributed by atoms with Crippen LogP contribution in [0, 0.1) is 0 Å². The van der Waals surface area contributed by atoms with Crippen molar-refractivity contribution in [2.24, 2.45) is 0 Å². The Morgan fingerprint density at radius 2 is 1.78 bits per heavy atom. The van der Waals surface area contributed by atoms with Gasteiger partial charge < -0.3 is 23.0 Å². The number of hydrogen-bond donors (Lipinski definition) is 0. The molecule has 6 nitrogen and oxygen atoms in total. The summed E-state index contributed by atoms with van der Waals surface area (Å²) in [5, 5.41) is 0. The number of esters is 1. The highest BCUT2D eigenvalue weighted by molar-refractivity contribution is 7.42. The molecule has 1 aromatic rings. The average molecular weight is 342 g/mol. The van der Waals surface area contributed by atoms with Crippen molar-refractivity contribution in [1.29, 1.82) is 0 Å². The van der Waals surface area contributed by atoms with E-state index in [9.17, 15) is 4.79 Å². The Balaban J connectivity index is 2.84. The van der Waals surface area contributed by atoms with Crippen LogP contribution >= 0.6 is 8.60 Å². The molecule has 0 N–H and O–H groups in total. The zero-order valence-corrected chi connectivity index (χ0v) is 14.8. The number of carbonyl (C=O) groups is 1. The van der Waals surface area contributed by atoms with E-state index in [1.807, 2.05) is 13.8 Å². The normalized spacial score (nSPS) is 11.0. The summed E-state index contributed by atoms with van der Waals surface area (Å²) < 4.78 is 26.7. The Hall–Kier alpha value is -1.62. The third-order valence-corrected chi connectivity index (χ3v) is 3.81. The monoisotopic (exact) mass is 342 g/mol. The van der Waals surface area contributed by atoms with Crippen LogP contribution in [-0.2, 0) is 18.6 Å². The van der Waals surface area contributed by atoms with Crippen LogP contribution in [0.2, 0.25) is 0 Å². The van der Waals surface area contributed by atoms with Gasteiger partial charge in [-0.05, 0) is 44.5 Å². The third kappa shape index (κ3) is 6.99. The predicted molar refractivity (Wildman–Crippen MR) is 89.5 cm³/mol. The molecule has 1 rings (SSSR count). The molecule has 0 unspecified atom stereocenters.